The van der Waals surface area contributed by atoms with Gasteiger partial charge in [0.2, 0.25) is 0 Å². The molecule has 0 N–H and O–H groups in total. The molecule has 0 aliphatic carbocycles. The minimum Gasteiger partial charge on any atom is -0.496 e. The Labute approximate surface area is 111 Å². The van der Waals surface area contributed by atoms with Gasteiger partial charge in [0.1, 0.15) is 15.1 Å². The smallest absolute Gasteiger partial charge is 0.133 e. The van der Waals surface area contributed by atoms with E-state index >= 15 is 0 Å². The van der Waals surface area contributed by atoms with Crippen molar-refractivity contribution in [1.82, 2.24) is 4.98 Å². The van der Waals surface area contributed by atoms with Crippen molar-refractivity contribution in [3.05, 3.63) is 32.7 Å². The molecule has 0 saturated heterocycles. The average molecular weight is 319 g/mol. The van der Waals surface area contributed by atoms with E-state index < -0.39 is 0 Å². The number of methoxy groups -OCH3 is 1. The summed E-state index contributed by atoms with van der Waals surface area (Å²) < 4.78 is 6.83. The molecule has 0 atom stereocenters. The molecule has 0 unspecified atom stereocenters. The van der Waals surface area contributed by atoms with E-state index in [9.17, 15) is 0 Å². The summed E-state index contributed by atoms with van der Waals surface area (Å²) in [5.41, 5.74) is 1.90. The molecule has 0 aliphatic rings. The molecule has 2 aromatic rings. The van der Waals surface area contributed by atoms with Crippen molar-refractivity contribution < 1.29 is 4.74 Å². The third-order valence-electron chi connectivity index (χ3n) is 2.14. The van der Waals surface area contributed by atoms with Crippen LogP contribution in [0.25, 0.3) is 10.6 Å². The highest BCUT2D eigenvalue weighted by Gasteiger charge is 2.09. The van der Waals surface area contributed by atoms with Gasteiger partial charge < -0.3 is 4.74 Å². The first-order chi connectivity index (χ1) is 7.61. The Hall–Kier alpha value is -0.580. The summed E-state index contributed by atoms with van der Waals surface area (Å²) in [6.07, 6.45) is 0. The second-order valence-electron chi connectivity index (χ2n) is 3.23. The van der Waals surface area contributed by atoms with Crippen LogP contribution in [0, 0.1) is 6.92 Å². The number of rotatable bonds is 2. The van der Waals surface area contributed by atoms with E-state index in [1.807, 2.05) is 25.1 Å². The fourth-order valence-corrected chi connectivity index (χ4v) is 2.89. The molecule has 0 aliphatic heterocycles. The minimum absolute atomic E-state index is 0.738. The molecule has 1 aromatic carbocycles. The Morgan fingerprint density at radius 3 is 2.69 bits per heavy atom. The third-order valence-corrected chi connectivity index (χ3v) is 4.26. The van der Waals surface area contributed by atoms with E-state index in [0.717, 1.165) is 30.8 Å². The van der Waals surface area contributed by atoms with Crippen LogP contribution in [0.1, 0.15) is 5.69 Å². The lowest BCUT2D eigenvalue weighted by molar-refractivity contribution is 0.412. The summed E-state index contributed by atoms with van der Waals surface area (Å²) in [6.45, 7) is 1.90. The van der Waals surface area contributed by atoms with Crippen LogP contribution in [-0.2, 0) is 0 Å². The van der Waals surface area contributed by atoms with Gasteiger partial charge in [0, 0.05) is 5.56 Å². The predicted octanol–water partition coefficient (Wildman–Crippen LogP) is 4.54. The van der Waals surface area contributed by atoms with Crippen molar-refractivity contribution >= 4 is 38.9 Å². The van der Waals surface area contributed by atoms with E-state index in [4.69, 9.17) is 16.3 Å². The maximum Gasteiger partial charge on any atom is 0.133 e. The maximum atomic E-state index is 6.00. The van der Waals surface area contributed by atoms with Gasteiger partial charge in [-0.15, -0.1) is 11.3 Å². The fraction of sp³-hybridized carbons (Fsp3) is 0.182. The van der Waals surface area contributed by atoms with Crippen LogP contribution >= 0.6 is 38.9 Å². The molecule has 0 spiro atoms. The van der Waals surface area contributed by atoms with Crippen LogP contribution < -0.4 is 4.74 Å². The molecule has 84 valence electrons. The molecule has 0 radical (unpaired) electrons. The van der Waals surface area contributed by atoms with Gasteiger partial charge in [-0.1, -0.05) is 11.6 Å². The fourth-order valence-electron chi connectivity index (χ4n) is 1.30. The van der Waals surface area contributed by atoms with Crippen LogP contribution in [0.2, 0.25) is 4.34 Å². The van der Waals surface area contributed by atoms with E-state index in [0.29, 0.717) is 0 Å². The highest BCUT2D eigenvalue weighted by atomic mass is 79.9. The first kappa shape index (κ1) is 11.9. The van der Waals surface area contributed by atoms with Gasteiger partial charge in [0.15, 0.2) is 0 Å². The van der Waals surface area contributed by atoms with Crippen molar-refractivity contribution in [2.45, 2.75) is 6.92 Å². The molecule has 0 bridgehead atoms. The lowest BCUT2D eigenvalue weighted by atomic mass is 10.2. The Balaban J connectivity index is 2.45. The van der Waals surface area contributed by atoms with Crippen LogP contribution in [0.3, 0.4) is 0 Å². The van der Waals surface area contributed by atoms with Crippen molar-refractivity contribution in [3.8, 4) is 16.3 Å². The third kappa shape index (κ3) is 2.24. The molecule has 0 saturated carbocycles. The van der Waals surface area contributed by atoms with Crippen molar-refractivity contribution in [1.29, 1.82) is 0 Å². The normalized spacial score (nSPS) is 10.5. The van der Waals surface area contributed by atoms with E-state index in [2.05, 4.69) is 20.9 Å². The second kappa shape index (κ2) is 4.73. The molecular formula is C11H9BrClNOS. The SMILES string of the molecule is COc1ccc(-c2nc(C)c(Cl)s2)cc1Br. The maximum absolute atomic E-state index is 6.00. The standard InChI is InChI=1S/C11H9BrClNOS/c1-6-10(13)16-11(14-6)7-3-4-9(15-2)8(12)5-7/h3-5H,1-2H3. The van der Waals surface area contributed by atoms with Gasteiger partial charge in [-0.3, -0.25) is 0 Å². The van der Waals surface area contributed by atoms with Crippen molar-refractivity contribution in [3.63, 3.8) is 0 Å². The number of hydrogen-bond acceptors (Lipinski definition) is 3. The summed E-state index contributed by atoms with van der Waals surface area (Å²) in [4.78, 5) is 4.40. The molecule has 1 aromatic heterocycles. The minimum atomic E-state index is 0.738. The lowest BCUT2D eigenvalue weighted by Crippen LogP contribution is -1.85. The topological polar surface area (TPSA) is 22.1 Å². The molecule has 16 heavy (non-hydrogen) atoms. The van der Waals surface area contributed by atoms with Crippen molar-refractivity contribution in [2.24, 2.45) is 0 Å². The zero-order valence-electron chi connectivity index (χ0n) is 8.75. The highest BCUT2D eigenvalue weighted by molar-refractivity contribution is 9.10. The van der Waals surface area contributed by atoms with Gasteiger partial charge in [-0.2, -0.15) is 0 Å². The zero-order valence-corrected chi connectivity index (χ0v) is 11.9. The van der Waals surface area contributed by atoms with Crippen molar-refractivity contribution in [2.75, 3.05) is 7.11 Å². The number of hydrogen-bond donors (Lipinski definition) is 0. The second-order valence-corrected chi connectivity index (χ2v) is 5.68. The molecular weight excluding hydrogens is 310 g/mol. The van der Waals surface area contributed by atoms with Gasteiger partial charge in [0.25, 0.3) is 0 Å². The monoisotopic (exact) mass is 317 g/mol. The molecule has 2 rings (SSSR count). The van der Waals surface area contributed by atoms with Gasteiger partial charge in [-0.05, 0) is 41.1 Å². The summed E-state index contributed by atoms with van der Waals surface area (Å²) in [5, 5.41) is 0.922. The summed E-state index contributed by atoms with van der Waals surface area (Å²) in [5.74, 6) is 0.808. The van der Waals surface area contributed by atoms with Crippen LogP contribution in [0.15, 0.2) is 22.7 Å². The molecule has 1 heterocycles. The average Bonchev–Trinajstić information content (AvgIpc) is 2.59. The molecule has 5 heteroatoms. The number of ether oxygens (including phenoxy) is 1. The molecule has 0 amide bonds. The highest BCUT2D eigenvalue weighted by Crippen LogP contribution is 2.35. The van der Waals surface area contributed by atoms with Gasteiger partial charge >= 0.3 is 0 Å². The number of halogens is 2. The van der Waals surface area contributed by atoms with E-state index in [1.54, 1.807) is 7.11 Å². The summed E-state index contributed by atoms with van der Waals surface area (Å²) in [6, 6.07) is 5.86. The number of aryl methyl sites for hydroxylation is 1. The quantitative estimate of drug-likeness (QED) is 0.811. The van der Waals surface area contributed by atoms with Crippen LogP contribution in [-0.4, -0.2) is 12.1 Å². The Kier molecular flexibility index (Phi) is 3.52. The lowest BCUT2D eigenvalue weighted by Gasteiger charge is -2.03. The number of aromatic nitrogens is 1. The van der Waals surface area contributed by atoms with E-state index in [-0.39, 0.29) is 0 Å². The first-order valence-corrected chi connectivity index (χ1v) is 6.57. The first-order valence-electron chi connectivity index (χ1n) is 4.58. The number of thiazole rings is 1. The van der Waals surface area contributed by atoms with Crippen LogP contribution in [0.5, 0.6) is 5.75 Å². The predicted molar refractivity (Wildman–Crippen MR) is 71.5 cm³/mol. The summed E-state index contributed by atoms with van der Waals surface area (Å²) in [7, 11) is 1.64. The zero-order chi connectivity index (χ0) is 11.7. The number of benzene rings is 1. The van der Waals surface area contributed by atoms with Gasteiger partial charge in [0.05, 0.1) is 17.3 Å². The number of nitrogens with zero attached hydrogens (tertiary/aromatic N) is 1. The molecule has 2 nitrogen and oxygen atoms in total. The molecule has 0 fully saturated rings. The largest absolute Gasteiger partial charge is 0.496 e. The summed E-state index contributed by atoms with van der Waals surface area (Å²) >= 11 is 10.9. The van der Waals surface area contributed by atoms with Gasteiger partial charge in [-0.25, -0.2) is 4.98 Å². The Morgan fingerprint density at radius 2 is 2.19 bits per heavy atom. The van der Waals surface area contributed by atoms with E-state index in [1.165, 1.54) is 11.3 Å². The van der Waals surface area contributed by atoms with Crippen LogP contribution in [0.4, 0.5) is 0 Å². The Bertz CT molecular complexity index is 507. The Morgan fingerprint density at radius 1 is 1.44 bits per heavy atom.